The molecule has 27 heavy (non-hydrogen) atoms. The van der Waals surface area contributed by atoms with Crippen molar-refractivity contribution in [3.05, 3.63) is 10.1 Å². The lowest BCUT2D eigenvalue weighted by molar-refractivity contribution is -0.562. The van der Waals surface area contributed by atoms with Crippen LogP contribution < -0.4 is 5.32 Å². The summed E-state index contributed by atoms with van der Waals surface area (Å²) >= 11 is 0. The highest BCUT2D eigenvalue weighted by atomic mass is 16.6. The van der Waals surface area contributed by atoms with Crippen molar-refractivity contribution in [3.63, 3.8) is 0 Å². The largest absolute Gasteiger partial charge is 0.396 e. The molecule has 0 aromatic rings. The number of nitrogens with one attached hydrogen (secondary N) is 1. The van der Waals surface area contributed by atoms with Gasteiger partial charge in [-0.05, 0) is 52.9 Å². The maximum Gasteiger partial charge on any atom is 0.223 e. The van der Waals surface area contributed by atoms with Gasteiger partial charge < -0.3 is 15.5 Å². The zero-order chi connectivity index (χ0) is 21.3. The van der Waals surface area contributed by atoms with E-state index in [1.165, 1.54) is 20.8 Å². The zero-order valence-corrected chi connectivity index (χ0v) is 17.3. The van der Waals surface area contributed by atoms with Gasteiger partial charge in [0.1, 0.15) is 5.78 Å². The molecule has 8 nitrogen and oxygen atoms in total. The van der Waals surface area contributed by atoms with Gasteiger partial charge in [-0.3, -0.25) is 19.7 Å². The van der Waals surface area contributed by atoms with Gasteiger partial charge in [-0.25, -0.2) is 0 Å². The third kappa shape index (κ3) is 9.81. The van der Waals surface area contributed by atoms with Crippen LogP contribution in [0, 0.1) is 22.0 Å². The number of nitro groups is 1. The van der Waals surface area contributed by atoms with Crippen LogP contribution in [0.1, 0.15) is 73.1 Å². The Morgan fingerprint density at radius 2 is 1.89 bits per heavy atom. The summed E-state index contributed by atoms with van der Waals surface area (Å²) in [6, 6.07) is 0. The Kier molecular flexibility index (Phi) is 10.7. The Labute approximate surface area is 161 Å². The molecule has 0 saturated carbocycles. The summed E-state index contributed by atoms with van der Waals surface area (Å²) in [5.74, 6) is -0.100. The van der Waals surface area contributed by atoms with E-state index >= 15 is 0 Å². The van der Waals surface area contributed by atoms with Gasteiger partial charge in [0.25, 0.3) is 0 Å². The molecule has 0 unspecified atom stereocenters. The number of hydrogen-bond donors (Lipinski definition) is 3. The normalized spacial score (nSPS) is 19.7. The van der Waals surface area contributed by atoms with Gasteiger partial charge in [0.15, 0.2) is 0 Å². The molecular formula is C19H36N2O6. The van der Waals surface area contributed by atoms with Crippen LogP contribution in [0.15, 0.2) is 0 Å². The summed E-state index contributed by atoms with van der Waals surface area (Å²) in [6.07, 6.45) is 3.70. The van der Waals surface area contributed by atoms with Gasteiger partial charge >= 0.3 is 0 Å². The fourth-order valence-corrected chi connectivity index (χ4v) is 3.23. The topological polar surface area (TPSA) is 130 Å². The molecule has 0 spiro atoms. The van der Waals surface area contributed by atoms with Gasteiger partial charge in [-0.2, -0.15) is 0 Å². The maximum atomic E-state index is 11.3. The average Bonchev–Trinajstić information content (AvgIpc) is 2.81. The number of hydrogen-bond acceptors (Lipinski definition) is 6. The van der Waals surface area contributed by atoms with E-state index in [0.29, 0.717) is 12.8 Å². The Bertz CT molecular complexity index is 504. The molecule has 1 amide bonds. The standard InChI is InChI=1S/C10H19NO4.C9H17NO2/c1-8(13)9(5-4-6-12)7-10(2,3)11(14)15;1-9(2)6-7(4-3-5-11)8(12)10-9/h9,12H,4-7H2,1-3H3;7,11H,3-6H2,1-2H3,(H,10,12)/t9-;7-/m00/s1. The highest BCUT2D eigenvalue weighted by molar-refractivity contribution is 5.81. The second-order valence-corrected chi connectivity index (χ2v) is 8.59. The van der Waals surface area contributed by atoms with E-state index in [-0.39, 0.29) is 53.6 Å². The quantitative estimate of drug-likeness (QED) is 0.388. The summed E-state index contributed by atoms with van der Waals surface area (Å²) < 4.78 is 0. The number of ketones is 1. The minimum atomic E-state index is -1.08. The molecule has 1 aliphatic rings. The first-order valence-electron chi connectivity index (χ1n) is 9.55. The number of amides is 1. The molecule has 1 heterocycles. The van der Waals surface area contributed by atoms with E-state index in [0.717, 1.165) is 19.3 Å². The first kappa shape index (κ1) is 25.5. The Morgan fingerprint density at radius 3 is 2.26 bits per heavy atom. The number of Topliss-reactive ketones (excluding diaryl/α,β-unsaturated/α-hetero) is 1. The van der Waals surface area contributed by atoms with Crippen molar-refractivity contribution in [2.24, 2.45) is 11.8 Å². The fraction of sp³-hybridized carbons (Fsp3) is 0.895. The summed E-state index contributed by atoms with van der Waals surface area (Å²) in [6.45, 7) is 8.74. The van der Waals surface area contributed by atoms with Gasteiger partial charge in [0.2, 0.25) is 11.4 Å². The molecular weight excluding hydrogens is 352 g/mol. The molecule has 158 valence electrons. The van der Waals surface area contributed by atoms with Gasteiger partial charge in [0.05, 0.1) is 0 Å². The van der Waals surface area contributed by atoms with Crippen molar-refractivity contribution in [3.8, 4) is 0 Å². The molecule has 1 aliphatic heterocycles. The van der Waals surface area contributed by atoms with Gasteiger partial charge in [0, 0.05) is 55.8 Å². The SMILES string of the molecule is CC(=O)[C@@H](CCCO)CC(C)(C)[N+](=O)[O-].CC1(C)C[C@H](CCCO)C(=O)N1. The van der Waals surface area contributed by atoms with E-state index in [1.54, 1.807) is 0 Å². The van der Waals surface area contributed by atoms with Crippen molar-refractivity contribution in [1.29, 1.82) is 0 Å². The summed E-state index contributed by atoms with van der Waals surface area (Å²) in [7, 11) is 0. The first-order chi connectivity index (χ1) is 12.4. The van der Waals surface area contributed by atoms with Gasteiger partial charge in [-0.1, -0.05) is 0 Å². The Balaban J connectivity index is 0.000000511. The highest BCUT2D eigenvalue weighted by Crippen LogP contribution is 2.27. The van der Waals surface area contributed by atoms with Gasteiger partial charge in [-0.15, -0.1) is 0 Å². The second kappa shape index (κ2) is 11.3. The minimum absolute atomic E-state index is 0.0165. The minimum Gasteiger partial charge on any atom is -0.396 e. The van der Waals surface area contributed by atoms with Crippen LogP contribution >= 0.6 is 0 Å². The third-order valence-corrected chi connectivity index (χ3v) is 4.83. The molecule has 0 aromatic heterocycles. The highest BCUT2D eigenvalue weighted by Gasteiger charge is 2.36. The van der Waals surface area contributed by atoms with Crippen LogP contribution in [0.2, 0.25) is 0 Å². The predicted molar refractivity (Wildman–Crippen MR) is 103 cm³/mol. The fourth-order valence-electron chi connectivity index (χ4n) is 3.23. The molecule has 1 saturated heterocycles. The molecule has 2 atom stereocenters. The Hall–Kier alpha value is -1.54. The molecule has 3 N–H and O–H groups in total. The van der Waals surface area contributed by atoms with E-state index in [4.69, 9.17) is 10.2 Å². The van der Waals surface area contributed by atoms with Crippen LogP contribution in [0.5, 0.6) is 0 Å². The van der Waals surface area contributed by atoms with Crippen molar-refractivity contribution in [2.75, 3.05) is 13.2 Å². The molecule has 0 aliphatic carbocycles. The van der Waals surface area contributed by atoms with Crippen molar-refractivity contribution >= 4 is 11.7 Å². The van der Waals surface area contributed by atoms with E-state index in [1.807, 2.05) is 13.8 Å². The molecule has 0 radical (unpaired) electrons. The summed E-state index contributed by atoms with van der Waals surface area (Å²) in [5, 5.41) is 30.9. The first-order valence-corrected chi connectivity index (χ1v) is 9.55. The van der Waals surface area contributed by atoms with E-state index in [2.05, 4.69) is 5.32 Å². The molecule has 8 heteroatoms. The molecule has 1 rings (SSSR count). The van der Waals surface area contributed by atoms with E-state index < -0.39 is 5.54 Å². The summed E-state index contributed by atoms with van der Waals surface area (Å²) in [4.78, 5) is 32.9. The smallest absolute Gasteiger partial charge is 0.223 e. The zero-order valence-electron chi connectivity index (χ0n) is 17.3. The van der Waals surface area contributed by atoms with Crippen LogP contribution in [0.4, 0.5) is 0 Å². The number of aliphatic hydroxyl groups is 2. The number of carbonyl (C=O) groups excluding carboxylic acids is 2. The number of rotatable bonds is 10. The second-order valence-electron chi connectivity index (χ2n) is 8.59. The maximum absolute atomic E-state index is 11.3. The number of aliphatic hydroxyl groups excluding tert-OH is 2. The monoisotopic (exact) mass is 388 g/mol. The third-order valence-electron chi connectivity index (χ3n) is 4.83. The molecule has 0 bridgehead atoms. The van der Waals surface area contributed by atoms with Crippen molar-refractivity contribution < 1.29 is 24.7 Å². The van der Waals surface area contributed by atoms with Crippen LogP contribution in [-0.4, -0.2) is 51.1 Å². The Morgan fingerprint density at radius 1 is 1.33 bits per heavy atom. The number of carbonyl (C=O) groups is 2. The summed E-state index contributed by atoms with van der Waals surface area (Å²) in [5.41, 5.74) is -1.12. The lowest BCUT2D eigenvalue weighted by Gasteiger charge is -2.21. The number of nitrogens with zero attached hydrogens (tertiary/aromatic N) is 1. The predicted octanol–water partition coefficient (Wildman–Crippen LogP) is 2.08. The molecule has 0 aromatic carbocycles. The van der Waals surface area contributed by atoms with Crippen LogP contribution in [0.3, 0.4) is 0 Å². The van der Waals surface area contributed by atoms with Crippen molar-refractivity contribution in [2.45, 2.75) is 84.2 Å². The lowest BCUT2D eigenvalue weighted by Crippen LogP contribution is -2.35. The van der Waals surface area contributed by atoms with Crippen LogP contribution in [-0.2, 0) is 9.59 Å². The average molecular weight is 389 g/mol. The van der Waals surface area contributed by atoms with E-state index in [9.17, 15) is 19.7 Å². The molecule has 1 fully saturated rings. The van der Waals surface area contributed by atoms with Crippen molar-refractivity contribution in [1.82, 2.24) is 5.32 Å². The van der Waals surface area contributed by atoms with Crippen LogP contribution in [0.25, 0.3) is 0 Å². The lowest BCUT2D eigenvalue weighted by atomic mass is 9.86.